The second-order valence-electron chi connectivity index (χ2n) is 18.0. The molecule has 2 saturated heterocycles. The lowest BCUT2D eigenvalue weighted by molar-refractivity contribution is -0.137. The number of nitrogens with one attached hydrogen (secondary N) is 2. The Labute approximate surface area is 427 Å². The van der Waals surface area contributed by atoms with Gasteiger partial charge in [0, 0.05) is 61.9 Å². The minimum Gasteiger partial charge on any atom is -0.399 e. The fourth-order valence-corrected chi connectivity index (χ4v) is 11.5. The quantitative estimate of drug-likeness (QED) is 0.0241. The zero-order valence-corrected chi connectivity index (χ0v) is 43.5. The number of rotatable bonds is 24. The molecule has 4 aromatic heterocycles. The molecule has 8 unspecified atom stereocenters. The smallest absolute Gasteiger partial charge is 0.399 e. The van der Waals surface area contributed by atoms with Gasteiger partial charge in [-0.15, -0.1) is 0 Å². The van der Waals surface area contributed by atoms with Crippen molar-refractivity contribution in [2.75, 3.05) is 69.4 Å². The summed E-state index contributed by atoms with van der Waals surface area (Å²) in [6.45, 7) is 0.788. The lowest BCUT2D eigenvalue weighted by Gasteiger charge is -2.30. The summed E-state index contributed by atoms with van der Waals surface area (Å²) in [6.07, 6.45) is -4.34. The van der Waals surface area contributed by atoms with Crippen molar-refractivity contribution in [2.45, 2.75) is 69.8 Å². The number of nitrogen functional groups attached to an aromatic ring is 1. The third kappa shape index (κ3) is 14.0. The number of ether oxygens (including phenoxy) is 1. The van der Waals surface area contributed by atoms with Crippen molar-refractivity contribution in [3.05, 3.63) is 46.5 Å². The number of hydrogen-bond acceptors (Lipinski definition) is 24. The Kier molecular flexibility index (Phi) is 18.0. The van der Waals surface area contributed by atoms with Crippen LogP contribution in [0, 0.1) is 17.2 Å². The average Bonchev–Trinajstić information content (AvgIpc) is 3.85. The molecule has 7 rings (SSSR count). The number of carbonyl (C=O) groups excluding carboxylic acids is 3. The number of nitrogens with zero attached hydrogens (tertiary/aromatic N) is 8. The molecule has 4 aromatic rings. The topological polar surface area (TPSA) is 449 Å². The number of aliphatic hydroxyl groups excluding tert-OH is 2. The van der Waals surface area contributed by atoms with Crippen LogP contribution in [0.2, 0.25) is 0 Å². The number of imidazole rings is 1. The fraction of sp³-hybridized carbons (Fsp3) is 0.564. The van der Waals surface area contributed by atoms with Gasteiger partial charge in [0.15, 0.2) is 29.3 Å². The van der Waals surface area contributed by atoms with Crippen molar-refractivity contribution < 1.29 is 89.7 Å². The molecule has 0 bridgehead atoms. The molecule has 1 saturated carbocycles. The van der Waals surface area contributed by atoms with Gasteiger partial charge in [-0.05, 0) is 18.9 Å². The Bertz CT molecular complexity index is 3050. The summed E-state index contributed by atoms with van der Waals surface area (Å²) in [4.78, 5) is 115. The molecule has 12 N–H and O–H groups in total. The van der Waals surface area contributed by atoms with Crippen LogP contribution in [0.3, 0.4) is 0 Å². The summed E-state index contributed by atoms with van der Waals surface area (Å²) in [5.74, 6) is -2.59. The maximum absolute atomic E-state index is 15.6. The van der Waals surface area contributed by atoms with Gasteiger partial charge in [-0.3, -0.25) is 37.3 Å². The third-order valence-electron chi connectivity index (χ3n) is 11.9. The molecule has 36 heteroatoms. The van der Waals surface area contributed by atoms with Crippen LogP contribution >= 0.6 is 35.2 Å². The molecule has 1 aliphatic carbocycles. The maximum Gasteiger partial charge on any atom is 0.481 e. The summed E-state index contributed by atoms with van der Waals surface area (Å²) in [7, 11) is -15.2. The monoisotopic (exact) mass is 1140 g/mol. The Morgan fingerprint density at radius 2 is 1.77 bits per heavy atom. The summed E-state index contributed by atoms with van der Waals surface area (Å²) >= 11 is 0.750. The first-order valence-corrected chi connectivity index (χ1v) is 28.1. The minimum absolute atomic E-state index is 0.0105. The molecule has 0 radical (unpaired) electrons. The van der Waals surface area contributed by atoms with E-state index in [1.807, 2.05) is 0 Å². The van der Waals surface area contributed by atoms with Gasteiger partial charge in [0.25, 0.3) is 0 Å². The van der Waals surface area contributed by atoms with Crippen molar-refractivity contribution in [3.63, 3.8) is 0 Å². The van der Waals surface area contributed by atoms with Crippen molar-refractivity contribution in [1.29, 1.82) is 0 Å². The lowest BCUT2D eigenvalue weighted by atomic mass is 9.87. The normalized spacial score (nSPS) is 22.8. The highest BCUT2D eigenvalue weighted by Gasteiger charge is 2.50. The number of phosphoric acid groups is 3. The van der Waals surface area contributed by atoms with Crippen LogP contribution < -0.4 is 32.4 Å². The van der Waals surface area contributed by atoms with E-state index in [-0.39, 0.29) is 89.7 Å². The number of nitrogens with two attached hydrogens (primary N) is 2. The second kappa shape index (κ2) is 23.4. The van der Waals surface area contributed by atoms with Crippen LogP contribution in [-0.4, -0.2) is 165 Å². The number of aromatic nitrogens is 6. The number of halogens is 1. The van der Waals surface area contributed by atoms with E-state index in [1.54, 1.807) is 9.47 Å². The number of oxime groups is 1. The van der Waals surface area contributed by atoms with E-state index in [9.17, 15) is 62.7 Å². The highest BCUT2D eigenvalue weighted by molar-refractivity contribution is 8.14. The largest absolute Gasteiger partial charge is 0.481 e. The molecule has 2 aliphatic heterocycles. The molecule has 0 spiro atoms. The van der Waals surface area contributed by atoms with Crippen LogP contribution in [0.15, 0.2) is 34.9 Å². The summed E-state index contributed by atoms with van der Waals surface area (Å²) in [5, 5.41) is 29.9. The Morgan fingerprint density at radius 3 is 2.45 bits per heavy atom. The predicted molar refractivity (Wildman–Crippen MR) is 260 cm³/mol. The van der Waals surface area contributed by atoms with Crippen LogP contribution in [-0.2, 0) is 50.7 Å². The van der Waals surface area contributed by atoms with E-state index < -0.39 is 101 Å². The van der Waals surface area contributed by atoms with Crippen LogP contribution in [0.5, 0.6) is 0 Å². The van der Waals surface area contributed by atoms with Gasteiger partial charge < -0.3 is 70.9 Å². The first-order chi connectivity index (χ1) is 35.2. The lowest BCUT2D eigenvalue weighted by Crippen LogP contribution is -2.46. The molecule has 412 valence electrons. The third-order valence-corrected chi connectivity index (χ3v) is 15.9. The molecule has 8 atom stereocenters. The molecular weight excluding hydrogens is 1080 g/mol. The number of amides is 2. The molecule has 2 amide bonds. The predicted octanol–water partition coefficient (Wildman–Crippen LogP) is -0.440. The number of hydrogen-bond donors (Lipinski definition) is 10. The number of anilines is 2. The molecule has 0 aromatic carbocycles. The summed E-state index contributed by atoms with van der Waals surface area (Å²) < 4.78 is 79.9. The second-order valence-corrected chi connectivity index (χ2v) is 23.3. The van der Waals surface area contributed by atoms with Gasteiger partial charge in [0.2, 0.25) is 22.4 Å². The van der Waals surface area contributed by atoms with Crippen molar-refractivity contribution in [2.24, 2.45) is 22.2 Å². The SMILES string of the molecule is CO/N=C1/CN(c2nc3c(cc2F)c(=O)c(C(=O)SCCNC(=O)CCNC(=O)C(O)C(C)(C)COP(=O)(O)OP(=O)(O)OCC2OC(n4cnc5c(N)ncnc54)C(O)C2OP(=O)(O)O)cn3C2CC2)CC1CN. The summed E-state index contributed by atoms with van der Waals surface area (Å²) in [6, 6.07) is 1.02. The maximum atomic E-state index is 15.6. The number of aliphatic hydroxyl groups is 2. The van der Waals surface area contributed by atoms with Crippen molar-refractivity contribution in [1.82, 2.24) is 39.7 Å². The number of thioether (sulfide) groups is 1. The molecule has 31 nitrogen and oxygen atoms in total. The number of fused-ring (bicyclic) bond motifs is 2. The van der Waals surface area contributed by atoms with Gasteiger partial charge in [-0.1, -0.05) is 30.8 Å². The summed E-state index contributed by atoms with van der Waals surface area (Å²) in [5.41, 5.74) is 10.0. The van der Waals surface area contributed by atoms with Crippen LogP contribution in [0.4, 0.5) is 16.0 Å². The van der Waals surface area contributed by atoms with Crippen LogP contribution in [0.25, 0.3) is 22.2 Å². The van der Waals surface area contributed by atoms with Gasteiger partial charge >= 0.3 is 23.5 Å². The Hall–Kier alpha value is -4.92. The van der Waals surface area contributed by atoms with E-state index in [0.717, 1.165) is 47.9 Å². The van der Waals surface area contributed by atoms with Gasteiger partial charge in [-0.2, -0.15) is 4.31 Å². The van der Waals surface area contributed by atoms with Gasteiger partial charge in [-0.25, -0.2) is 38.0 Å². The molecular formula is C39H54FN12O19P3S. The molecule has 6 heterocycles. The highest BCUT2D eigenvalue weighted by atomic mass is 32.2. The first-order valence-electron chi connectivity index (χ1n) is 22.6. The van der Waals surface area contributed by atoms with E-state index >= 15 is 4.39 Å². The van der Waals surface area contributed by atoms with Crippen LogP contribution in [0.1, 0.15) is 55.7 Å². The minimum atomic E-state index is -5.63. The van der Waals surface area contributed by atoms with E-state index in [4.69, 9.17) is 30.1 Å². The fourth-order valence-electron chi connectivity index (χ4n) is 7.94. The van der Waals surface area contributed by atoms with E-state index in [0.29, 0.717) is 12.3 Å². The van der Waals surface area contributed by atoms with Gasteiger partial charge in [0.05, 0.1) is 42.7 Å². The number of carbonyl (C=O) groups is 3. The average molecular weight is 1140 g/mol. The number of pyridine rings is 2. The molecule has 3 fully saturated rings. The van der Waals surface area contributed by atoms with Gasteiger partial charge in [0.1, 0.15) is 49.0 Å². The Morgan fingerprint density at radius 1 is 1.05 bits per heavy atom. The zero-order valence-electron chi connectivity index (χ0n) is 40.0. The Balaban J connectivity index is 0.844. The van der Waals surface area contributed by atoms with Crippen molar-refractivity contribution in [3.8, 4) is 0 Å². The van der Waals surface area contributed by atoms with Crippen molar-refractivity contribution >= 4 is 91.7 Å². The first kappa shape index (κ1) is 57.8. The standard InChI is InChI=1S/C39H54FN12O19P3S/c1-39(2,16-68-74(64,65)71-73(62,63)67-15-25-30(70-72(59,60)61)29(55)37(69-25)52-18-47-27-32(42)45-17-46-35(27)52)31(56)36(57)44-7-6-26(53)43-8-9-75-38(58)22-13-51(20-4-5-20)33-21(28(22)54)10-23(40)34(48-33)50-12-19(11-41)24(14-50)49-66-3/h10,13,17-20,25,29-31,37,55-56H,4-9,11-12,14-16,41H2,1-3H3,(H,43,53)(H,44,57)(H,62,63)(H,64,65)(H2,42,45,46)(H2,59,60,61)/b49-24-. The van der Waals surface area contributed by atoms with E-state index in [2.05, 4.69) is 44.6 Å². The molecule has 3 aliphatic rings. The number of phosphoric ester groups is 3. The van der Waals surface area contributed by atoms with E-state index in [1.165, 1.54) is 27.2 Å². The highest BCUT2D eigenvalue weighted by Crippen LogP contribution is 2.61. The zero-order chi connectivity index (χ0) is 54.8. The molecule has 75 heavy (non-hydrogen) atoms.